The van der Waals surface area contributed by atoms with Gasteiger partial charge in [0.25, 0.3) is 0 Å². The average Bonchev–Trinajstić information content (AvgIpc) is 2.47. The Balaban J connectivity index is 1.72. The maximum absolute atomic E-state index is 9.28. The van der Waals surface area contributed by atoms with Crippen molar-refractivity contribution < 1.29 is 9.84 Å². The Morgan fingerprint density at radius 3 is 2.75 bits per heavy atom. The van der Waals surface area contributed by atoms with Crippen LogP contribution in [0.4, 0.5) is 0 Å². The third-order valence-corrected chi connectivity index (χ3v) is 4.34. The third kappa shape index (κ3) is 4.80. The highest BCUT2D eigenvalue weighted by atomic mass is 16.5. The van der Waals surface area contributed by atoms with Gasteiger partial charge in [-0.2, -0.15) is 0 Å². The molecule has 0 amide bonds. The highest BCUT2D eigenvalue weighted by Gasteiger charge is 2.18. The quantitative estimate of drug-likeness (QED) is 0.867. The van der Waals surface area contributed by atoms with Crippen LogP contribution in [0.25, 0.3) is 0 Å². The van der Waals surface area contributed by atoms with Crippen LogP contribution in [0.5, 0.6) is 5.75 Å². The van der Waals surface area contributed by atoms with Gasteiger partial charge in [0.15, 0.2) is 0 Å². The van der Waals surface area contributed by atoms with Gasteiger partial charge in [-0.1, -0.05) is 12.1 Å². The maximum atomic E-state index is 9.28. The van der Waals surface area contributed by atoms with Crippen LogP contribution in [0.2, 0.25) is 0 Å². The zero-order valence-corrected chi connectivity index (χ0v) is 12.7. The van der Waals surface area contributed by atoms with E-state index in [4.69, 9.17) is 4.74 Å². The first-order valence-electron chi connectivity index (χ1n) is 7.71. The molecule has 1 fully saturated rings. The number of nitrogens with zero attached hydrogens (tertiary/aromatic N) is 1. The minimum Gasteiger partial charge on any atom is -0.508 e. The molecule has 20 heavy (non-hydrogen) atoms. The van der Waals surface area contributed by atoms with Crippen molar-refractivity contribution >= 4 is 0 Å². The standard InChI is InChI=1S/C17H27NO2/c1-14(5-6-15-7-9-17(19)10-8-15)18(2)12-16-4-3-11-20-13-16/h7-10,14,16,19H,3-6,11-13H2,1-2H3. The molecule has 0 bridgehead atoms. The Morgan fingerprint density at radius 2 is 2.10 bits per heavy atom. The molecule has 1 aliphatic heterocycles. The van der Waals surface area contributed by atoms with Crippen LogP contribution in [-0.2, 0) is 11.2 Å². The summed E-state index contributed by atoms with van der Waals surface area (Å²) >= 11 is 0. The summed E-state index contributed by atoms with van der Waals surface area (Å²) in [5, 5.41) is 9.28. The molecule has 1 aromatic rings. The van der Waals surface area contributed by atoms with E-state index in [1.165, 1.54) is 18.4 Å². The molecule has 3 nitrogen and oxygen atoms in total. The molecule has 0 aliphatic carbocycles. The number of aryl methyl sites for hydroxylation is 1. The second-order valence-corrected chi connectivity index (χ2v) is 6.08. The van der Waals surface area contributed by atoms with E-state index in [0.717, 1.165) is 32.6 Å². The first-order valence-corrected chi connectivity index (χ1v) is 7.71. The van der Waals surface area contributed by atoms with Crippen LogP contribution >= 0.6 is 0 Å². The number of aromatic hydroxyl groups is 1. The molecule has 0 saturated carbocycles. The second-order valence-electron chi connectivity index (χ2n) is 6.08. The Hall–Kier alpha value is -1.06. The molecule has 1 aliphatic rings. The van der Waals surface area contributed by atoms with Crippen molar-refractivity contribution in [3.8, 4) is 5.75 Å². The minimum absolute atomic E-state index is 0.344. The van der Waals surface area contributed by atoms with Gasteiger partial charge < -0.3 is 14.7 Å². The van der Waals surface area contributed by atoms with Crippen molar-refractivity contribution in [3.05, 3.63) is 29.8 Å². The number of phenolic OH excluding ortho intramolecular Hbond substituents is 1. The number of ether oxygens (including phenoxy) is 1. The summed E-state index contributed by atoms with van der Waals surface area (Å²) in [6, 6.07) is 8.13. The SMILES string of the molecule is CC(CCc1ccc(O)cc1)N(C)CC1CCCOC1. The van der Waals surface area contributed by atoms with Crippen LogP contribution in [0.15, 0.2) is 24.3 Å². The number of hydrogen-bond acceptors (Lipinski definition) is 3. The minimum atomic E-state index is 0.344. The molecule has 2 atom stereocenters. The summed E-state index contributed by atoms with van der Waals surface area (Å²) in [6.45, 7) is 5.30. The molecule has 2 unspecified atom stereocenters. The number of phenols is 1. The molecule has 1 saturated heterocycles. The lowest BCUT2D eigenvalue weighted by atomic mass is 10.00. The van der Waals surface area contributed by atoms with E-state index >= 15 is 0 Å². The van der Waals surface area contributed by atoms with Gasteiger partial charge in [0.2, 0.25) is 0 Å². The van der Waals surface area contributed by atoms with Gasteiger partial charge in [0, 0.05) is 19.2 Å². The fourth-order valence-corrected chi connectivity index (χ4v) is 2.80. The van der Waals surface area contributed by atoms with Crippen molar-refractivity contribution in [1.82, 2.24) is 4.90 Å². The Morgan fingerprint density at radius 1 is 1.35 bits per heavy atom. The van der Waals surface area contributed by atoms with Crippen molar-refractivity contribution in [2.75, 3.05) is 26.8 Å². The molecular weight excluding hydrogens is 250 g/mol. The Kier molecular flexibility index (Phi) is 5.86. The van der Waals surface area contributed by atoms with Crippen LogP contribution < -0.4 is 0 Å². The highest BCUT2D eigenvalue weighted by Crippen LogP contribution is 2.17. The van der Waals surface area contributed by atoms with Crippen LogP contribution in [-0.4, -0.2) is 42.9 Å². The monoisotopic (exact) mass is 277 g/mol. The van der Waals surface area contributed by atoms with Gasteiger partial charge in [-0.3, -0.25) is 0 Å². The van der Waals surface area contributed by atoms with Crippen LogP contribution in [0.3, 0.4) is 0 Å². The second kappa shape index (κ2) is 7.65. The first kappa shape index (κ1) is 15.3. The number of benzene rings is 1. The summed E-state index contributed by atoms with van der Waals surface area (Å²) < 4.78 is 5.55. The molecule has 3 heteroatoms. The van der Waals surface area contributed by atoms with E-state index in [-0.39, 0.29) is 0 Å². The van der Waals surface area contributed by atoms with Crippen molar-refractivity contribution in [1.29, 1.82) is 0 Å². The fraction of sp³-hybridized carbons (Fsp3) is 0.647. The van der Waals surface area contributed by atoms with Gasteiger partial charge in [0.1, 0.15) is 5.75 Å². The van der Waals surface area contributed by atoms with Crippen LogP contribution in [0.1, 0.15) is 31.7 Å². The van der Waals surface area contributed by atoms with Gasteiger partial charge >= 0.3 is 0 Å². The predicted molar refractivity (Wildman–Crippen MR) is 82.1 cm³/mol. The van der Waals surface area contributed by atoms with Crippen molar-refractivity contribution in [2.45, 2.75) is 38.6 Å². The lowest BCUT2D eigenvalue weighted by Gasteiger charge is -2.31. The van der Waals surface area contributed by atoms with Gasteiger partial charge in [-0.05, 0) is 63.3 Å². The molecule has 0 aromatic heterocycles. The van der Waals surface area contributed by atoms with Gasteiger partial charge in [-0.15, -0.1) is 0 Å². The molecule has 0 radical (unpaired) electrons. The summed E-state index contributed by atoms with van der Waals surface area (Å²) in [5.41, 5.74) is 1.30. The average molecular weight is 277 g/mol. The molecule has 1 heterocycles. The fourth-order valence-electron chi connectivity index (χ4n) is 2.80. The summed E-state index contributed by atoms with van der Waals surface area (Å²) in [6.07, 6.45) is 4.72. The summed E-state index contributed by atoms with van der Waals surface area (Å²) in [5.74, 6) is 1.04. The Labute approximate surface area is 122 Å². The van der Waals surface area contributed by atoms with E-state index in [1.54, 1.807) is 12.1 Å². The summed E-state index contributed by atoms with van der Waals surface area (Å²) in [7, 11) is 2.22. The van der Waals surface area contributed by atoms with E-state index in [0.29, 0.717) is 17.7 Å². The van der Waals surface area contributed by atoms with E-state index in [1.807, 2.05) is 12.1 Å². The highest BCUT2D eigenvalue weighted by molar-refractivity contribution is 5.25. The van der Waals surface area contributed by atoms with Crippen molar-refractivity contribution in [3.63, 3.8) is 0 Å². The van der Waals surface area contributed by atoms with Gasteiger partial charge in [0.05, 0.1) is 6.61 Å². The predicted octanol–water partition coefficient (Wildman–Crippen LogP) is 3.07. The molecule has 0 spiro atoms. The lowest BCUT2D eigenvalue weighted by Crippen LogP contribution is -2.36. The normalized spacial score (nSPS) is 21.1. The van der Waals surface area contributed by atoms with E-state index in [2.05, 4.69) is 18.9 Å². The van der Waals surface area contributed by atoms with E-state index < -0.39 is 0 Å². The number of hydrogen-bond donors (Lipinski definition) is 1. The molecule has 2 rings (SSSR count). The molecule has 1 aromatic carbocycles. The lowest BCUT2D eigenvalue weighted by molar-refractivity contribution is 0.0368. The smallest absolute Gasteiger partial charge is 0.115 e. The van der Waals surface area contributed by atoms with Crippen LogP contribution in [0, 0.1) is 5.92 Å². The molecular formula is C17H27NO2. The van der Waals surface area contributed by atoms with Gasteiger partial charge in [-0.25, -0.2) is 0 Å². The largest absolute Gasteiger partial charge is 0.508 e. The van der Waals surface area contributed by atoms with E-state index in [9.17, 15) is 5.11 Å². The third-order valence-electron chi connectivity index (χ3n) is 4.34. The summed E-state index contributed by atoms with van der Waals surface area (Å²) in [4.78, 5) is 2.46. The molecule has 1 N–H and O–H groups in total. The first-order chi connectivity index (χ1) is 9.65. The number of rotatable bonds is 6. The van der Waals surface area contributed by atoms with Crippen molar-refractivity contribution in [2.24, 2.45) is 5.92 Å². The molecule has 112 valence electrons. The Bertz CT molecular complexity index is 384. The maximum Gasteiger partial charge on any atom is 0.115 e. The zero-order valence-electron chi connectivity index (χ0n) is 12.7. The topological polar surface area (TPSA) is 32.7 Å². The zero-order chi connectivity index (χ0) is 14.4.